The molecule has 1 aliphatic heterocycles. The van der Waals surface area contributed by atoms with Crippen molar-refractivity contribution in [2.45, 2.75) is 12.8 Å². The maximum absolute atomic E-state index is 13.1. The molecule has 0 spiro atoms. The summed E-state index contributed by atoms with van der Waals surface area (Å²) >= 11 is 1.51. The number of hydrogen-bond acceptors (Lipinski definition) is 6. The molecule has 0 saturated carbocycles. The van der Waals surface area contributed by atoms with Gasteiger partial charge in [0.25, 0.3) is 0 Å². The summed E-state index contributed by atoms with van der Waals surface area (Å²) in [5, 5.41) is 8.45. The fraction of sp³-hybridized carbons (Fsp3) is 0.261. The number of carbonyl (C=O) groups is 1. The van der Waals surface area contributed by atoms with Crippen molar-refractivity contribution < 1.29 is 13.9 Å². The lowest BCUT2D eigenvalue weighted by atomic mass is 9.97. The second-order valence-corrected chi connectivity index (χ2v) is 8.68. The third-order valence-electron chi connectivity index (χ3n) is 5.59. The zero-order valence-corrected chi connectivity index (χ0v) is 18.3. The predicted molar refractivity (Wildman–Crippen MR) is 123 cm³/mol. The molecule has 3 heterocycles. The summed E-state index contributed by atoms with van der Waals surface area (Å²) in [4.78, 5) is 20.4. The van der Waals surface area contributed by atoms with Crippen LogP contribution >= 0.6 is 11.3 Å². The minimum absolute atomic E-state index is 0.0515. The lowest BCUT2D eigenvalue weighted by molar-refractivity contribution is -0.120. The van der Waals surface area contributed by atoms with Crippen molar-refractivity contribution in [3.05, 3.63) is 60.5 Å². The van der Waals surface area contributed by atoms with Crippen LogP contribution in [0.15, 0.2) is 54.7 Å². The Kier molecular flexibility index (Phi) is 5.48. The zero-order valence-electron chi connectivity index (χ0n) is 17.5. The largest absolute Gasteiger partial charge is 0.497 e. The fourth-order valence-corrected chi connectivity index (χ4v) is 4.78. The van der Waals surface area contributed by atoms with Gasteiger partial charge in [0.2, 0.25) is 16.0 Å². The van der Waals surface area contributed by atoms with Crippen LogP contribution in [0.1, 0.15) is 12.8 Å². The number of nitrogens with one attached hydrogen (secondary N) is 1. The van der Waals surface area contributed by atoms with Crippen LogP contribution in [0.25, 0.3) is 16.2 Å². The molecule has 1 aliphatic rings. The van der Waals surface area contributed by atoms with E-state index in [-0.39, 0.29) is 17.6 Å². The van der Waals surface area contributed by atoms with E-state index < -0.39 is 0 Å². The number of methoxy groups -OCH3 is 1. The lowest BCUT2D eigenvalue weighted by Crippen LogP contribution is -2.40. The first kappa shape index (κ1) is 20.4. The Morgan fingerprint density at radius 2 is 1.97 bits per heavy atom. The summed E-state index contributed by atoms with van der Waals surface area (Å²) < 4.78 is 20.1. The SMILES string of the molecule is COc1ccc(-c2cn3nc(N4CCC[C@@H](C(=O)Nc5ccc(F)cc5)C4)sc3n2)cc1. The zero-order chi connectivity index (χ0) is 22.1. The van der Waals surface area contributed by atoms with E-state index in [4.69, 9.17) is 14.8 Å². The molecule has 1 N–H and O–H groups in total. The van der Waals surface area contributed by atoms with Crippen LogP contribution in [0.4, 0.5) is 15.2 Å². The average molecular weight is 452 g/mol. The number of imidazole rings is 1. The number of rotatable bonds is 5. The minimum atomic E-state index is -0.323. The molecular weight excluding hydrogens is 429 g/mol. The quantitative estimate of drug-likeness (QED) is 0.485. The number of amides is 1. The van der Waals surface area contributed by atoms with Crippen molar-refractivity contribution in [1.29, 1.82) is 0 Å². The van der Waals surface area contributed by atoms with Gasteiger partial charge in [0.05, 0.1) is 24.9 Å². The van der Waals surface area contributed by atoms with Crippen LogP contribution in [0, 0.1) is 11.7 Å². The molecule has 32 heavy (non-hydrogen) atoms. The topological polar surface area (TPSA) is 71.8 Å². The fourth-order valence-electron chi connectivity index (χ4n) is 3.86. The highest BCUT2D eigenvalue weighted by Crippen LogP contribution is 2.30. The van der Waals surface area contributed by atoms with Gasteiger partial charge in [-0.2, -0.15) is 0 Å². The highest BCUT2D eigenvalue weighted by Gasteiger charge is 2.28. The van der Waals surface area contributed by atoms with Gasteiger partial charge in [0.1, 0.15) is 11.6 Å². The van der Waals surface area contributed by atoms with E-state index in [1.807, 2.05) is 30.5 Å². The Bertz CT molecular complexity index is 1200. The lowest BCUT2D eigenvalue weighted by Gasteiger charge is -2.31. The van der Waals surface area contributed by atoms with Crippen LogP contribution < -0.4 is 15.0 Å². The summed E-state index contributed by atoms with van der Waals surface area (Å²) in [5.41, 5.74) is 2.46. The summed E-state index contributed by atoms with van der Waals surface area (Å²) in [6.07, 6.45) is 3.63. The summed E-state index contributed by atoms with van der Waals surface area (Å²) in [7, 11) is 1.64. The van der Waals surface area contributed by atoms with E-state index in [0.29, 0.717) is 12.2 Å². The minimum Gasteiger partial charge on any atom is -0.497 e. The van der Waals surface area contributed by atoms with Crippen molar-refractivity contribution in [2.75, 3.05) is 30.4 Å². The Morgan fingerprint density at radius 1 is 1.19 bits per heavy atom. The Morgan fingerprint density at radius 3 is 2.69 bits per heavy atom. The van der Waals surface area contributed by atoms with Crippen molar-refractivity contribution >= 4 is 33.0 Å². The number of nitrogens with zero attached hydrogens (tertiary/aromatic N) is 4. The molecular formula is C23H22FN5O2S. The molecule has 2 aromatic carbocycles. The number of carbonyl (C=O) groups excluding carboxylic acids is 1. The van der Waals surface area contributed by atoms with E-state index in [9.17, 15) is 9.18 Å². The van der Waals surface area contributed by atoms with E-state index in [1.165, 1.54) is 23.5 Å². The van der Waals surface area contributed by atoms with Gasteiger partial charge in [0, 0.05) is 24.3 Å². The maximum atomic E-state index is 13.1. The molecule has 0 radical (unpaired) electrons. The first-order valence-electron chi connectivity index (χ1n) is 10.4. The van der Waals surface area contributed by atoms with Gasteiger partial charge in [-0.15, -0.1) is 5.10 Å². The van der Waals surface area contributed by atoms with Crippen LogP contribution in [0.2, 0.25) is 0 Å². The molecule has 1 atom stereocenters. The van der Waals surface area contributed by atoms with Gasteiger partial charge in [0.15, 0.2) is 0 Å². The number of fused-ring (bicyclic) bond motifs is 1. The summed E-state index contributed by atoms with van der Waals surface area (Å²) in [6, 6.07) is 13.6. The molecule has 5 rings (SSSR count). The second kappa shape index (κ2) is 8.58. The summed E-state index contributed by atoms with van der Waals surface area (Å²) in [6.45, 7) is 1.44. The van der Waals surface area contributed by atoms with Crippen molar-refractivity contribution in [3.63, 3.8) is 0 Å². The van der Waals surface area contributed by atoms with Gasteiger partial charge >= 0.3 is 0 Å². The molecule has 4 aromatic rings. The molecule has 1 saturated heterocycles. The Hall–Kier alpha value is -3.46. The van der Waals surface area contributed by atoms with E-state index in [1.54, 1.807) is 23.8 Å². The number of ether oxygens (including phenoxy) is 1. The van der Waals surface area contributed by atoms with Gasteiger partial charge in [-0.25, -0.2) is 13.9 Å². The number of halogens is 1. The first-order chi connectivity index (χ1) is 15.6. The molecule has 164 valence electrons. The van der Waals surface area contributed by atoms with Crippen LogP contribution in [0.5, 0.6) is 5.75 Å². The smallest absolute Gasteiger partial charge is 0.229 e. The van der Waals surface area contributed by atoms with Gasteiger partial charge in [-0.3, -0.25) is 4.79 Å². The van der Waals surface area contributed by atoms with Gasteiger partial charge < -0.3 is 15.0 Å². The number of benzene rings is 2. The Labute approximate surface area is 188 Å². The third kappa shape index (κ3) is 4.16. The average Bonchev–Trinajstić information content (AvgIpc) is 3.40. The number of aromatic nitrogens is 3. The monoisotopic (exact) mass is 451 g/mol. The van der Waals surface area contributed by atoms with Crippen molar-refractivity contribution in [1.82, 2.24) is 14.6 Å². The normalized spacial score (nSPS) is 16.3. The maximum Gasteiger partial charge on any atom is 0.229 e. The van der Waals surface area contributed by atoms with Gasteiger partial charge in [-0.05, 0) is 61.4 Å². The first-order valence-corrected chi connectivity index (χ1v) is 11.2. The van der Waals surface area contributed by atoms with E-state index in [0.717, 1.165) is 46.5 Å². The highest BCUT2D eigenvalue weighted by molar-refractivity contribution is 7.20. The highest BCUT2D eigenvalue weighted by atomic mass is 32.1. The molecule has 0 unspecified atom stereocenters. The number of piperidine rings is 1. The second-order valence-electron chi connectivity index (χ2n) is 7.75. The molecule has 2 aromatic heterocycles. The van der Waals surface area contributed by atoms with Crippen LogP contribution in [-0.4, -0.2) is 40.7 Å². The van der Waals surface area contributed by atoms with Crippen LogP contribution in [-0.2, 0) is 4.79 Å². The summed E-state index contributed by atoms with van der Waals surface area (Å²) in [5.74, 6) is 0.276. The molecule has 0 aliphatic carbocycles. The number of hydrogen-bond donors (Lipinski definition) is 1. The molecule has 9 heteroatoms. The third-order valence-corrected chi connectivity index (χ3v) is 6.58. The number of anilines is 2. The standard InChI is InChI=1S/C23H22FN5O2S/c1-31-19-10-4-15(5-11-19)20-14-29-22(26-20)32-23(27-29)28-12-2-3-16(13-28)21(30)25-18-8-6-17(24)7-9-18/h4-11,14,16H,2-3,12-13H2,1H3,(H,25,30)/t16-/m1/s1. The molecule has 0 bridgehead atoms. The Balaban J connectivity index is 1.28. The van der Waals surface area contributed by atoms with Gasteiger partial charge in [-0.1, -0.05) is 11.3 Å². The van der Waals surface area contributed by atoms with E-state index >= 15 is 0 Å². The van der Waals surface area contributed by atoms with E-state index in [2.05, 4.69) is 10.2 Å². The molecule has 1 amide bonds. The predicted octanol–water partition coefficient (Wildman–Crippen LogP) is 4.46. The van der Waals surface area contributed by atoms with Crippen LogP contribution in [0.3, 0.4) is 0 Å². The molecule has 1 fully saturated rings. The van der Waals surface area contributed by atoms with Crippen molar-refractivity contribution in [3.8, 4) is 17.0 Å². The molecule has 7 nitrogen and oxygen atoms in total. The van der Waals surface area contributed by atoms with Crippen molar-refractivity contribution in [2.24, 2.45) is 5.92 Å².